The highest BCUT2D eigenvalue weighted by molar-refractivity contribution is 7.89. The van der Waals surface area contributed by atoms with Crippen LogP contribution in [-0.4, -0.2) is 43.1 Å². The first-order chi connectivity index (χ1) is 10.8. The molecule has 0 atom stereocenters. The highest BCUT2D eigenvalue weighted by Crippen LogP contribution is 2.15. The lowest BCUT2D eigenvalue weighted by Crippen LogP contribution is -2.49. The number of hydrazine groups is 1. The van der Waals surface area contributed by atoms with Crippen LogP contribution in [0.2, 0.25) is 0 Å². The minimum Gasteiger partial charge on any atom is -0.334 e. The fourth-order valence-electron chi connectivity index (χ4n) is 2.04. The largest absolute Gasteiger partial charge is 0.334 e. The van der Waals surface area contributed by atoms with Gasteiger partial charge in [0, 0.05) is 25.2 Å². The number of nitrogens with zero attached hydrogens (tertiary/aromatic N) is 2. The number of rotatable bonds is 4. The van der Waals surface area contributed by atoms with E-state index in [0.29, 0.717) is 13.1 Å². The summed E-state index contributed by atoms with van der Waals surface area (Å²) in [4.78, 5) is 36.0. The molecule has 0 aromatic heterocycles. The van der Waals surface area contributed by atoms with E-state index in [1.54, 1.807) is 4.83 Å². The summed E-state index contributed by atoms with van der Waals surface area (Å²) in [6, 6.07) is 4.08. The van der Waals surface area contributed by atoms with E-state index in [2.05, 4.69) is 0 Å². The third kappa shape index (κ3) is 4.02. The number of benzene rings is 1. The number of carbonyl (C=O) groups is 2. The van der Waals surface area contributed by atoms with Gasteiger partial charge in [0.1, 0.15) is 0 Å². The normalized spacial score (nSPS) is 14.5. The lowest BCUT2D eigenvalue weighted by molar-refractivity contribution is -0.384. The molecule has 1 aromatic rings. The molecule has 2 N–H and O–H groups in total. The van der Waals surface area contributed by atoms with Crippen LogP contribution in [0.25, 0.3) is 0 Å². The molecule has 0 bridgehead atoms. The molecule has 10 nitrogen and oxygen atoms in total. The Morgan fingerprint density at radius 3 is 2.22 bits per heavy atom. The van der Waals surface area contributed by atoms with Crippen LogP contribution < -0.4 is 10.3 Å². The molecule has 1 aromatic carbocycles. The molecule has 1 saturated heterocycles. The summed E-state index contributed by atoms with van der Waals surface area (Å²) in [7, 11) is -4.13. The Morgan fingerprint density at radius 1 is 1.13 bits per heavy atom. The fourth-order valence-corrected chi connectivity index (χ4v) is 2.88. The Bertz CT molecular complexity index is 724. The van der Waals surface area contributed by atoms with Gasteiger partial charge >= 0.3 is 11.8 Å². The van der Waals surface area contributed by atoms with E-state index >= 15 is 0 Å². The van der Waals surface area contributed by atoms with Gasteiger partial charge in [0.15, 0.2) is 0 Å². The topological polar surface area (TPSA) is 139 Å². The average molecular weight is 342 g/mol. The maximum atomic E-state index is 11.9. The van der Waals surface area contributed by atoms with Crippen LogP contribution in [0, 0.1) is 10.1 Å². The predicted molar refractivity (Wildman–Crippen MR) is 77.4 cm³/mol. The van der Waals surface area contributed by atoms with E-state index in [0.717, 1.165) is 37.1 Å². The van der Waals surface area contributed by atoms with Gasteiger partial charge in [-0.15, -0.1) is 4.83 Å². The van der Waals surface area contributed by atoms with Crippen molar-refractivity contribution in [1.29, 1.82) is 0 Å². The number of hydrogen-bond donors (Lipinski definition) is 2. The number of nitro groups is 1. The number of non-ortho nitro benzene ring substituents is 1. The van der Waals surface area contributed by atoms with Gasteiger partial charge in [0.05, 0.1) is 9.82 Å². The first-order valence-corrected chi connectivity index (χ1v) is 8.15. The summed E-state index contributed by atoms with van der Waals surface area (Å²) in [5.74, 6) is -1.90. The van der Waals surface area contributed by atoms with Crippen molar-refractivity contribution in [3.63, 3.8) is 0 Å². The lowest BCUT2D eigenvalue weighted by Gasteiger charge is -2.14. The SMILES string of the molecule is O=C(NNS(=O)(=O)c1ccc([N+](=O)[O-])cc1)C(=O)N1CCCC1. The lowest BCUT2D eigenvalue weighted by atomic mass is 10.3. The maximum absolute atomic E-state index is 11.9. The first kappa shape index (κ1) is 16.8. The molecule has 1 heterocycles. The van der Waals surface area contributed by atoms with Crippen LogP contribution in [0.1, 0.15) is 12.8 Å². The average Bonchev–Trinajstić information content (AvgIpc) is 3.06. The van der Waals surface area contributed by atoms with E-state index in [-0.39, 0.29) is 10.6 Å². The summed E-state index contributed by atoms with van der Waals surface area (Å²) in [6.45, 7) is 0.919. The van der Waals surface area contributed by atoms with Crippen LogP contribution >= 0.6 is 0 Å². The molecule has 23 heavy (non-hydrogen) atoms. The number of likely N-dealkylation sites (tertiary alicyclic amines) is 1. The first-order valence-electron chi connectivity index (χ1n) is 6.67. The van der Waals surface area contributed by atoms with Gasteiger partial charge in [-0.25, -0.2) is 8.42 Å². The highest BCUT2D eigenvalue weighted by atomic mass is 32.2. The number of amides is 2. The van der Waals surface area contributed by atoms with Gasteiger partial charge in [-0.05, 0) is 25.0 Å². The van der Waals surface area contributed by atoms with Crippen LogP contribution in [0.3, 0.4) is 0 Å². The van der Waals surface area contributed by atoms with Crippen LogP contribution in [0.15, 0.2) is 29.2 Å². The molecule has 0 saturated carbocycles. The summed E-state index contributed by atoms with van der Waals surface area (Å²) in [5.41, 5.74) is 1.57. The number of nitrogens with one attached hydrogen (secondary N) is 2. The second-order valence-electron chi connectivity index (χ2n) is 4.81. The van der Waals surface area contributed by atoms with Crippen molar-refractivity contribution in [2.75, 3.05) is 13.1 Å². The summed E-state index contributed by atoms with van der Waals surface area (Å²) >= 11 is 0. The smallest absolute Gasteiger partial charge is 0.324 e. The zero-order valence-electron chi connectivity index (χ0n) is 11.9. The molecule has 0 spiro atoms. The van der Waals surface area contributed by atoms with Gasteiger partial charge in [0.2, 0.25) is 0 Å². The monoisotopic (exact) mass is 342 g/mol. The Labute approximate surface area is 131 Å². The summed E-state index contributed by atoms with van der Waals surface area (Å²) in [6.07, 6.45) is 1.60. The zero-order valence-corrected chi connectivity index (χ0v) is 12.7. The zero-order chi connectivity index (χ0) is 17.0. The molecule has 1 fully saturated rings. The maximum Gasteiger partial charge on any atom is 0.324 e. The molecular formula is C12H14N4O6S. The molecule has 1 aliphatic rings. The quantitative estimate of drug-likeness (QED) is 0.431. The Balaban J connectivity index is 1.99. The highest BCUT2D eigenvalue weighted by Gasteiger charge is 2.26. The second kappa shape index (κ2) is 6.71. The number of carbonyl (C=O) groups excluding carboxylic acids is 2. The molecule has 2 amide bonds. The van der Waals surface area contributed by atoms with E-state index in [1.165, 1.54) is 4.90 Å². The number of sulfonamides is 1. The van der Waals surface area contributed by atoms with Crippen molar-refractivity contribution in [2.45, 2.75) is 17.7 Å². The molecule has 0 aliphatic carbocycles. The molecule has 2 rings (SSSR count). The van der Waals surface area contributed by atoms with Gasteiger partial charge in [0.25, 0.3) is 15.7 Å². The fraction of sp³-hybridized carbons (Fsp3) is 0.333. The van der Waals surface area contributed by atoms with Crippen LogP contribution in [0.4, 0.5) is 5.69 Å². The van der Waals surface area contributed by atoms with Crippen molar-refractivity contribution in [2.24, 2.45) is 0 Å². The van der Waals surface area contributed by atoms with Crippen molar-refractivity contribution in [3.8, 4) is 0 Å². The number of nitro benzene ring substituents is 1. The van der Waals surface area contributed by atoms with Crippen LogP contribution in [-0.2, 0) is 19.6 Å². The van der Waals surface area contributed by atoms with Gasteiger partial charge in [-0.3, -0.25) is 25.1 Å². The van der Waals surface area contributed by atoms with Gasteiger partial charge in [-0.1, -0.05) is 0 Å². The minimum atomic E-state index is -4.13. The van der Waals surface area contributed by atoms with Gasteiger partial charge < -0.3 is 4.90 Å². The van der Waals surface area contributed by atoms with Crippen molar-refractivity contribution < 1.29 is 22.9 Å². The van der Waals surface area contributed by atoms with E-state index in [9.17, 15) is 28.1 Å². The second-order valence-corrected chi connectivity index (χ2v) is 6.49. The van der Waals surface area contributed by atoms with Crippen molar-refractivity contribution in [1.82, 2.24) is 15.2 Å². The molecule has 124 valence electrons. The standard InChI is InChI=1S/C12H14N4O6S/c17-11(12(18)15-7-1-2-8-15)13-14-23(21,22)10-5-3-9(4-6-10)16(19)20/h3-6,14H,1-2,7-8H2,(H,13,17). The molecule has 11 heteroatoms. The molecule has 0 radical (unpaired) electrons. The van der Waals surface area contributed by atoms with E-state index in [1.807, 2.05) is 5.43 Å². The van der Waals surface area contributed by atoms with E-state index < -0.39 is 26.8 Å². The van der Waals surface area contributed by atoms with Gasteiger partial charge in [-0.2, -0.15) is 0 Å². The van der Waals surface area contributed by atoms with Crippen LogP contribution in [0.5, 0.6) is 0 Å². The van der Waals surface area contributed by atoms with E-state index in [4.69, 9.17) is 0 Å². The third-order valence-corrected chi connectivity index (χ3v) is 4.51. The Kier molecular flexibility index (Phi) is 4.91. The predicted octanol–water partition coefficient (Wildman–Crippen LogP) is -0.473. The van der Waals surface area contributed by atoms with Crippen molar-refractivity contribution >= 4 is 27.5 Å². The van der Waals surface area contributed by atoms with Crippen molar-refractivity contribution in [3.05, 3.63) is 34.4 Å². The molecule has 1 aliphatic heterocycles. The Hall–Kier alpha value is -2.53. The summed E-state index contributed by atoms with van der Waals surface area (Å²) < 4.78 is 23.9. The minimum absolute atomic E-state index is 0.266. The number of hydrogen-bond acceptors (Lipinski definition) is 6. The molecule has 0 unspecified atom stereocenters. The third-order valence-electron chi connectivity index (χ3n) is 3.24. The summed E-state index contributed by atoms with van der Waals surface area (Å²) in [5, 5.41) is 10.5. The molecular weight excluding hydrogens is 328 g/mol. The Morgan fingerprint density at radius 2 is 1.70 bits per heavy atom.